The van der Waals surface area contributed by atoms with E-state index in [1.165, 1.54) is 10.9 Å². The number of aromatic nitrogens is 4. The number of rotatable bonds is 9. The van der Waals surface area contributed by atoms with Crippen LogP contribution in [0.5, 0.6) is 5.75 Å². The van der Waals surface area contributed by atoms with Crippen LogP contribution in [0.4, 0.5) is 5.95 Å². The number of aromatic amines is 1. The molecule has 5 rings (SSSR count). The van der Waals surface area contributed by atoms with Crippen LogP contribution in [-0.4, -0.2) is 43.8 Å². The molecule has 0 radical (unpaired) electrons. The topological polar surface area (TPSA) is 157 Å². The maximum atomic E-state index is 13.3. The maximum absolute atomic E-state index is 13.3. The van der Waals surface area contributed by atoms with E-state index in [0.29, 0.717) is 29.0 Å². The molecule has 0 aliphatic heterocycles. The molecule has 5 aromatic rings. The Bertz CT molecular complexity index is 1720. The first kappa shape index (κ1) is 26.2. The normalized spacial score (nSPS) is 10.8. The van der Waals surface area contributed by atoms with Crippen LogP contribution in [0.1, 0.15) is 37.7 Å². The van der Waals surface area contributed by atoms with Gasteiger partial charge >= 0.3 is 0 Å². The van der Waals surface area contributed by atoms with Crippen LogP contribution >= 0.6 is 0 Å². The number of amides is 3. The largest absolute Gasteiger partial charge is 0.484 e. The standard InChI is InChI=1S/C29H27N7O4/c1-17-8-11-23(18(2)12-17)36-16-32-25(27(30)38)26(36)28(39)35-29-33-21-10-9-20(13-22(21)34-29)40-15-24(37)31-14-19-6-4-3-5-7-19/h3-13,16H,14-15H2,1-2H3,(H2,30,38)(H,31,37)(H2,33,34,35,39). The van der Waals surface area contributed by atoms with Gasteiger partial charge in [0.05, 0.1) is 16.7 Å². The lowest BCUT2D eigenvalue weighted by molar-refractivity contribution is -0.123. The summed E-state index contributed by atoms with van der Waals surface area (Å²) in [6.07, 6.45) is 1.39. The third kappa shape index (κ3) is 5.68. The van der Waals surface area contributed by atoms with Gasteiger partial charge in [0.15, 0.2) is 12.3 Å². The van der Waals surface area contributed by atoms with Crippen LogP contribution in [0.3, 0.4) is 0 Å². The van der Waals surface area contributed by atoms with Crippen molar-refractivity contribution in [2.75, 3.05) is 11.9 Å². The smallest absolute Gasteiger partial charge is 0.277 e. The Morgan fingerprint density at radius 3 is 2.58 bits per heavy atom. The van der Waals surface area contributed by atoms with Crippen molar-refractivity contribution in [3.8, 4) is 11.4 Å². The lowest BCUT2D eigenvalue weighted by Gasteiger charge is -2.12. The van der Waals surface area contributed by atoms with E-state index in [9.17, 15) is 14.4 Å². The Balaban J connectivity index is 1.30. The van der Waals surface area contributed by atoms with E-state index in [2.05, 4.69) is 25.6 Å². The van der Waals surface area contributed by atoms with Crippen molar-refractivity contribution in [3.05, 3.63) is 101 Å². The van der Waals surface area contributed by atoms with E-state index in [1.54, 1.807) is 18.2 Å². The molecule has 0 saturated heterocycles. The van der Waals surface area contributed by atoms with Gasteiger partial charge in [0.1, 0.15) is 17.8 Å². The number of nitrogens with zero attached hydrogens (tertiary/aromatic N) is 3. The van der Waals surface area contributed by atoms with Crippen molar-refractivity contribution in [1.29, 1.82) is 0 Å². The molecule has 0 atom stereocenters. The minimum absolute atomic E-state index is 0.00885. The van der Waals surface area contributed by atoms with E-state index < -0.39 is 11.8 Å². The summed E-state index contributed by atoms with van der Waals surface area (Å²) < 4.78 is 7.15. The van der Waals surface area contributed by atoms with Crippen molar-refractivity contribution in [1.82, 2.24) is 24.8 Å². The quantitative estimate of drug-likeness (QED) is 0.226. The first-order valence-corrected chi connectivity index (χ1v) is 12.5. The van der Waals surface area contributed by atoms with Crippen molar-refractivity contribution < 1.29 is 19.1 Å². The van der Waals surface area contributed by atoms with E-state index >= 15 is 0 Å². The molecule has 11 nitrogen and oxygen atoms in total. The number of imidazole rings is 2. The Morgan fingerprint density at radius 2 is 1.82 bits per heavy atom. The van der Waals surface area contributed by atoms with Gasteiger partial charge in [-0.1, -0.05) is 48.0 Å². The molecule has 3 amide bonds. The third-order valence-electron chi connectivity index (χ3n) is 6.22. The molecule has 0 unspecified atom stereocenters. The number of benzene rings is 3. The lowest BCUT2D eigenvalue weighted by atomic mass is 10.1. The van der Waals surface area contributed by atoms with Gasteiger partial charge in [-0.05, 0) is 43.2 Å². The molecular weight excluding hydrogens is 510 g/mol. The minimum Gasteiger partial charge on any atom is -0.484 e. The predicted molar refractivity (Wildman–Crippen MR) is 149 cm³/mol. The molecule has 0 saturated carbocycles. The Labute approximate surface area is 229 Å². The summed E-state index contributed by atoms with van der Waals surface area (Å²) in [6.45, 7) is 4.11. The monoisotopic (exact) mass is 537 g/mol. The number of carbonyl (C=O) groups excluding carboxylic acids is 3. The van der Waals surface area contributed by atoms with Gasteiger partial charge in [-0.2, -0.15) is 0 Å². The first-order chi connectivity index (χ1) is 19.3. The average molecular weight is 538 g/mol. The van der Waals surface area contributed by atoms with Crippen LogP contribution in [0.15, 0.2) is 73.1 Å². The van der Waals surface area contributed by atoms with Crippen molar-refractivity contribution in [3.63, 3.8) is 0 Å². The number of nitrogens with one attached hydrogen (secondary N) is 3. The highest BCUT2D eigenvalue weighted by molar-refractivity contribution is 6.10. The number of primary amides is 1. The number of carbonyl (C=O) groups is 3. The number of H-pyrrole nitrogens is 1. The molecule has 40 heavy (non-hydrogen) atoms. The highest BCUT2D eigenvalue weighted by atomic mass is 16.5. The molecule has 2 aromatic heterocycles. The van der Waals surface area contributed by atoms with Crippen LogP contribution in [-0.2, 0) is 11.3 Å². The molecule has 11 heteroatoms. The SMILES string of the molecule is Cc1ccc(-n2cnc(C(N)=O)c2C(=O)Nc2nc3cc(OCC(=O)NCc4ccccc4)ccc3[nH]2)c(C)c1. The zero-order valence-corrected chi connectivity index (χ0v) is 21.9. The third-order valence-corrected chi connectivity index (χ3v) is 6.22. The molecule has 2 heterocycles. The Morgan fingerprint density at radius 1 is 1.02 bits per heavy atom. The maximum Gasteiger partial charge on any atom is 0.277 e. The first-order valence-electron chi connectivity index (χ1n) is 12.5. The van der Waals surface area contributed by atoms with Gasteiger partial charge in [-0.3, -0.25) is 24.3 Å². The number of fused-ring (bicyclic) bond motifs is 1. The van der Waals surface area contributed by atoms with Gasteiger partial charge in [0.2, 0.25) is 5.95 Å². The molecule has 0 spiro atoms. The fraction of sp³-hybridized carbons (Fsp3) is 0.138. The van der Waals surface area contributed by atoms with Gasteiger partial charge < -0.3 is 20.8 Å². The van der Waals surface area contributed by atoms with Crippen molar-refractivity contribution >= 4 is 34.7 Å². The van der Waals surface area contributed by atoms with E-state index in [1.807, 2.05) is 62.4 Å². The van der Waals surface area contributed by atoms with E-state index in [-0.39, 0.29) is 29.9 Å². The summed E-state index contributed by atoms with van der Waals surface area (Å²) in [7, 11) is 0. The van der Waals surface area contributed by atoms with Crippen molar-refractivity contribution in [2.45, 2.75) is 20.4 Å². The summed E-state index contributed by atoms with van der Waals surface area (Å²) >= 11 is 0. The van der Waals surface area contributed by atoms with Crippen LogP contribution in [0, 0.1) is 13.8 Å². The number of hydrogen-bond acceptors (Lipinski definition) is 6. The zero-order valence-electron chi connectivity index (χ0n) is 21.9. The van der Waals surface area contributed by atoms with Gasteiger partial charge in [-0.25, -0.2) is 9.97 Å². The second kappa shape index (κ2) is 11.1. The van der Waals surface area contributed by atoms with Crippen LogP contribution in [0.2, 0.25) is 0 Å². The highest BCUT2D eigenvalue weighted by Crippen LogP contribution is 2.23. The number of nitrogens with two attached hydrogens (primary N) is 1. The molecule has 202 valence electrons. The number of hydrogen-bond donors (Lipinski definition) is 4. The molecule has 0 aliphatic rings. The minimum atomic E-state index is -0.826. The molecular formula is C29H27N7O4. The van der Waals surface area contributed by atoms with Gasteiger partial charge in [-0.15, -0.1) is 0 Å². The molecule has 0 bridgehead atoms. The fourth-order valence-corrected chi connectivity index (χ4v) is 4.30. The fourth-order valence-electron chi connectivity index (χ4n) is 4.30. The average Bonchev–Trinajstić information content (AvgIpc) is 3.55. The Hall–Kier alpha value is -5.45. The lowest BCUT2D eigenvalue weighted by Crippen LogP contribution is -2.28. The predicted octanol–water partition coefficient (Wildman–Crippen LogP) is 3.41. The number of ether oxygens (including phenoxy) is 1. The van der Waals surface area contributed by atoms with Gasteiger partial charge in [0.25, 0.3) is 17.7 Å². The highest BCUT2D eigenvalue weighted by Gasteiger charge is 2.25. The molecule has 3 aromatic carbocycles. The van der Waals surface area contributed by atoms with Crippen LogP contribution in [0.25, 0.3) is 16.7 Å². The number of aryl methyl sites for hydroxylation is 2. The summed E-state index contributed by atoms with van der Waals surface area (Å²) in [5.74, 6) is -1.11. The Kier molecular flexibility index (Phi) is 7.27. The summed E-state index contributed by atoms with van der Waals surface area (Å²) in [4.78, 5) is 49.1. The second-order valence-electron chi connectivity index (χ2n) is 9.24. The zero-order chi connectivity index (χ0) is 28.2. The van der Waals surface area contributed by atoms with Gasteiger partial charge in [0, 0.05) is 12.6 Å². The van der Waals surface area contributed by atoms with E-state index in [0.717, 1.165) is 16.7 Å². The van der Waals surface area contributed by atoms with E-state index in [4.69, 9.17) is 10.5 Å². The summed E-state index contributed by atoms with van der Waals surface area (Å²) in [5.41, 5.74) is 10.1. The molecule has 5 N–H and O–H groups in total. The molecule has 0 aliphatic carbocycles. The molecule has 0 fully saturated rings. The number of anilines is 1. The second-order valence-corrected chi connectivity index (χ2v) is 9.24. The van der Waals surface area contributed by atoms with Crippen molar-refractivity contribution in [2.24, 2.45) is 5.73 Å². The summed E-state index contributed by atoms with van der Waals surface area (Å²) in [6, 6.07) is 20.4. The summed E-state index contributed by atoms with van der Waals surface area (Å²) in [5, 5.41) is 5.50. The van der Waals surface area contributed by atoms with Crippen LogP contribution < -0.4 is 21.1 Å².